The van der Waals surface area contributed by atoms with Crippen LogP contribution in [0.3, 0.4) is 0 Å². The Labute approximate surface area is 263 Å². The van der Waals surface area contributed by atoms with Gasteiger partial charge >= 0.3 is 41.8 Å². The first-order valence-electron chi connectivity index (χ1n) is 13.4. The molecule has 0 saturated carbocycles. The first-order chi connectivity index (χ1) is 21.3. The van der Waals surface area contributed by atoms with Gasteiger partial charge in [0.05, 0.1) is 13.2 Å². The summed E-state index contributed by atoms with van der Waals surface area (Å²) in [5.74, 6) is -7.24. The zero-order chi connectivity index (χ0) is 36.1. The van der Waals surface area contributed by atoms with Crippen LogP contribution in [0, 0.1) is 5.92 Å². The molecular formula is C24H45N7O15. The minimum absolute atomic E-state index is 0.166. The maximum absolute atomic E-state index is 11.8. The van der Waals surface area contributed by atoms with Crippen LogP contribution in [-0.2, 0) is 57.2 Å². The minimum Gasteiger partial charge on any atom is -0.480 e. The average molecular weight is 672 g/mol. The van der Waals surface area contributed by atoms with Crippen molar-refractivity contribution in [2.45, 2.75) is 62.6 Å². The molecule has 0 aliphatic heterocycles. The Morgan fingerprint density at radius 3 is 1.11 bits per heavy atom. The zero-order valence-corrected chi connectivity index (χ0v) is 25.4. The number of carbonyl (C=O) groups is 7. The lowest BCUT2D eigenvalue weighted by Gasteiger charge is -2.17. The number of hydrogen-bond acceptors (Lipinski definition) is 21. The number of aliphatic carboxylic acids is 1. The second-order valence-corrected chi connectivity index (χ2v) is 9.84. The molecule has 0 aromatic heterocycles. The molecular weight excluding hydrogens is 626 g/mol. The summed E-state index contributed by atoms with van der Waals surface area (Å²) in [6.45, 7) is 0.173. The first kappa shape index (κ1) is 44.3. The van der Waals surface area contributed by atoms with Crippen molar-refractivity contribution in [2.75, 3.05) is 39.6 Å². The fourth-order valence-electron chi connectivity index (χ4n) is 2.39. The van der Waals surface area contributed by atoms with Crippen LogP contribution in [0.2, 0.25) is 0 Å². The van der Waals surface area contributed by atoms with E-state index >= 15 is 0 Å². The Morgan fingerprint density at radius 2 is 0.761 bits per heavy atom. The van der Waals surface area contributed by atoms with Crippen molar-refractivity contribution in [2.24, 2.45) is 46.1 Å². The second-order valence-electron chi connectivity index (χ2n) is 9.84. The molecule has 266 valence electrons. The summed E-state index contributed by atoms with van der Waals surface area (Å²) >= 11 is 0. The van der Waals surface area contributed by atoms with Gasteiger partial charge in [0.25, 0.3) is 0 Å². The predicted octanol–water partition coefficient (Wildman–Crippen LogP) is -7.38. The Hall–Kier alpha value is -3.87. The van der Waals surface area contributed by atoms with Gasteiger partial charge in [0, 0.05) is 0 Å². The van der Waals surface area contributed by atoms with Crippen molar-refractivity contribution in [3.05, 3.63) is 0 Å². The number of hydrogen-bond donors (Lipinski definition) is 10. The Kier molecular flexibility index (Phi) is 22.6. The largest absolute Gasteiger partial charge is 0.480 e. The highest BCUT2D eigenvalue weighted by Gasteiger charge is 2.27. The summed E-state index contributed by atoms with van der Waals surface area (Å²) in [6.07, 6.45) is 0.392. The number of carboxylic acid groups (broad SMARTS) is 1. The number of nitrogens with two attached hydrogens (primary N) is 7. The van der Waals surface area contributed by atoms with Crippen LogP contribution < -0.4 is 40.1 Å². The molecule has 0 heterocycles. The van der Waals surface area contributed by atoms with Gasteiger partial charge in [0.2, 0.25) is 0 Å². The smallest absolute Gasteiger partial charge is 0.334 e. The van der Waals surface area contributed by atoms with E-state index < -0.39 is 124 Å². The SMILES string of the molecule is CC(C)C[C@H](N)C(=O)OC[C@H](N)C(=O)OC[C@H](N)C(=O)OC[C@H](N)C(=O)OC(=O)[C@@H](N)CO.N[C@@H](COC(=O)[C@@H](N)CO)C(=O)O. The summed E-state index contributed by atoms with van der Waals surface area (Å²) in [5, 5.41) is 25.4. The number of aliphatic hydroxyl groups is 2. The molecule has 0 amide bonds. The third-order valence-corrected chi connectivity index (χ3v) is 5.07. The zero-order valence-electron chi connectivity index (χ0n) is 25.4. The summed E-state index contributed by atoms with van der Waals surface area (Å²) in [6, 6.07) is -9.03. The third-order valence-electron chi connectivity index (χ3n) is 5.07. The number of rotatable bonds is 19. The van der Waals surface area contributed by atoms with E-state index in [-0.39, 0.29) is 5.92 Å². The van der Waals surface area contributed by atoms with Crippen LogP contribution in [0.25, 0.3) is 0 Å². The van der Waals surface area contributed by atoms with Gasteiger partial charge in [-0.3, -0.25) is 24.0 Å². The van der Waals surface area contributed by atoms with E-state index in [2.05, 4.69) is 9.47 Å². The molecule has 0 aromatic rings. The van der Waals surface area contributed by atoms with Crippen LogP contribution in [0.5, 0.6) is 0 Å². The van der Waals surface area contributed by atoms with E-state index in [1.54, 1.807) is 0 Å². The molecule has 0 saturated heterocycles. The lowest BCUT2D eigenvalue weighted by atomic mass is 10.1. The molecule has 0 aliphatic rings. The van der Waals surface area contributed by atoms with E-state index in [1.807, 2.05) is 13.8 Å². The molecule has 0 aliphatic carbocycles. The van der Waals surface area contributed by atoms with Gasteiger partial charge in [0.1, 0.15) is 68.7 Å². The average Bonchev–Trinajstić information content (AvgIpc) is 3.01. The molecule has 0 rings (SSSR count). The number of carboxylic acids is 1. The van der Waals surface area contributed by atoms with Crippen LogP contribution in [-0.4, -0.2) is 139 Å². The molecule has 0 aromatic carbocycles. The Bertz CT molecular complexity index is 1020. The highest BCUT2D eigenvalue weighted by Crippen LogP contribution is 2.04. The third kappa shape index (κ3) is 19.5. The Balaban J connectivity index is 0. The van der Waals surface area contributed by atoms with Crippen LogP contribution in [0.1, 0.15) is 20.3 Å². The maximum atomic E-state index is 11.8. The van der Waals surface area contributed by atoms with Crippen molar-refractivity contribution in [1.82, 2.24) is 0 Å². The summed E-state index contributed by atoms with van der Waals surface area (Å²) in [7, 11) is 0. The molecule has 7 atom stereocenters. The van der Waals surface area contributed by atoms with E-state index in [4.69, 9.17) is 69.7 Å². The number of ether oxygens (including phenoxy) is 5. The lowest BCUT2D eigenvalue weighted by Crippen LogP contribution is -2.45. The maximum Gasteiger partial charge on any atom is 0.334 e. The van der Waals surface area contributed by atoms with Gasteiger partial charge < -0.3 is 79.1 Å². The topological polar surface area (TPSA) is 408 Å². The standard InChI is InChI=1S/C18H33N5O10.C6H12N2O5/c1-8(2)3-9(19)14(25)30-5-11(21)15(26)31-6-12(22)16(27)32-7-13(23)18(29)33-17(28)10(20)4-24;7-3(1-9)6(12)13-2-4(8)5(10)11/h8-13,24H,3-7,19-23H2,1-2H3;3-4,9H,1-2,7-8H2,(H,10,11)/t9-,10-,11-,12-,13-;3-,4-/m00/s1. The summed E-state index contributed by atoms with van der Waals surface area (Å²) in [5.41, 5.74) is 37.4. The van der Waals surface area contributed by atoms with Crippen molar-refractivity contribution >= 4 is 41.8 Å². The van der Waals surface area contributed by atoms with Gasteiger partial charge in [0.15, 0.2) is 0 Å². The number of esters is 6. The predicted molar refractivity (Wildman–Crippen MR) is 152 cm³/mol. The van der Waals surface area contributed by atoms with Crippen LogP contribution in [0.15, 0.2) is 0 Å². The van der Waals surface area contributed by atoms with E-state index in [0.717, 1.165) is 0 Å². The van der Waals surface area contributed by atoms with Crippen molar-refractivity contribution < 1.29 is 72.6 Å². The fraction of sp³-hybridized carbons (Fsp3) is 0.708. The van der Waals surface area contributed by atoms with E-state index in [9.17, 15) is 33.6 Å². The summed E-state index contributed by atoms with van der Waals surface area (Å²) < 4.78 is 23.0. The van der Waals surface area contributed by atoms with E-state index in [1.165, 1.54) is 0 Å². The molecule has 0 radical (unpaired) electrons. The molecule has 0 spiro atoms. The first-order valence-corrected chi connectivity index (χ1v) is 13.4. The highest BCUT2D eigenvalue weighted by atomic mass is 16.6. The number of aliphatic hydroxyl groups excluding tert-OH is 2. The Morgan fingerprint density at radius 1 is 0.478 bits per heavy atom. The fourth-order valence-corrected chi connectivity index (χ4v) is 2.39. The number of carbonyl (C=O) groups excluding carboxylic acids is 6. The van der Waals surface area contributed by atoms with Crippen molar-refractivity contribution in [1.29, 1.82) is 0 Å². The molecule has 22 nitrogen and oxygen atoms in total. The highest BCUT2D eigenvalue weighted by molar-refractivity contribution is 5.91. The monoisotopic (exact) mass is 671 g/mol. The quantitative estimate of drug-likeness (QED) is 0.0346. The normalized spacial score (nSPS) is 15.3. The van der Waals surface area contributed by atoms with Gasteiger partial charge in [-0.25, -0.2) is 9.59 Å². The molecule has 0 unspecified atom stereocenters. The second kappa shape index (κ2) is 23.5. The van der Waals surface area contributed by atoms with Crippen LogP contribution >= 0.6 is 0 Å². The molecule has 0 fully saturated rings. The van der Waals surface area contributed by atoms with Crippen molar-refractivity contribution in [3.63, 3.8) is 0 Å². The molecule has 46 heavy (non-hydrogen) atoms. The van der Waals surface area contributed by atoms with Gasteiger partial charge in [-0.05, 0) is 12.3 Å². The lowest BCUT2D eigenvalue weighted by molar-refractivity contribution is -0.163. The van der Waals surface area contributed by atoms with Gasteiger partial charge in [-0.15, -0.1) is 0 Å². The summed E-state index contributed by atoms with van der Waals surface area (Å²) in [4.78, 5) is 79.2. The molecule has 22 heteroatoms. The van der Waals surface area contributed by atoms with E-state index in [0.29, 0.717) is 6.42 Å². The van der Waals surface area contributed by atoms with Gasteiger partial charge in [-0.2, -0.15) is 0 Å². The van der Waals surface area contributed by atoms with Gasteiger partial charge in [-0.1, -0.05) is 13.8 Å². The van der Waals surface area contributed by atoms with Crippen molar-refractivity contribution in [3.8, 4) is 0 Å². The van der Waals surface area contributed by atoms with Crippen LogP contribution in [0.4, 0.5) is 0 Å². The minimum atomic E-state index is -1.54. The molecule has 17 N–H and O–H groups in total. The molecule has 0 bridgehead atoms.